The van der Waals surface area contributed by atoms with E-state index in [2.05, 4.69) is 11.3 Å². The number of ether oxygens (including phenoxy) is 1. The maximum Gasteiger partial charge on any atom is 0.324 e. The van der Waals surface area contributed by atoms with Crippen LogP contribution in [-0.4, -0.2) is 27.6 Å². The Morgan fingerprint density at radius 2 is 2.12 bits per heavy atom. The highest BCUT2D eigenvalue weighted by atomic mass is 32.2. The summed E-state index contributed by atoms with van der Waals surface area (Å²) in [6, 6.07) is -0.586. The zero-order chi connectivity index (χ0) is 12.8. The van der Waals surface area contributed by atoms with Gasteiger partial charge in [-0.1, -0.05) is 6.08 Å². The quantitative estimate of drug-likeness (QED) is 0.572. The van der Waals surface area contributed by atoms with E-state index in [-0.39, 0.29) is 5.97 Å². The summed E-state index contributed by atoms with van der Waals surface area (Å²) in [5.74, 6) is -0.389. The Bertz CT molecular complexity index is 271. The molecular formula is C11H21NO3S. The minimum absolute atomic E-state index is 0.316. The van der Waals surface area contributed by atoms with Crippen molar-refractivity contribution < 1.29 is 13.7 Å². The minimum atomic E-state index is -1.29. The molecule has 0 rings (SSSR count). The first-order chi connectivity index (χ1) is 7.32. The van der Waals surface area contributed by atoms with Gasteiger partial charge >= 0.3 is 5.97 Å². The Labute approximate surface area is 100 Å². The van der Waals surface area contributed by atoms with Gasteiger partial charge in [-0.25, -0.2) is 8.93 Å². The van der Waals surface area contributed by atoms with Gasteiger partial charge in [0.2, 0.25) is 0 Å². The second-order valence-corrected chi connectivity index (χ2v) is 6.33. The summed E-state index contributed by atoms with van der Waals surface area (Å²) in [7, 11) is -1.29. The molecule has 0 amide bonds. The van der Waals surface area contributed by atoms with Crippen molar-refractivity contribution in [1.82, 2.24) is 4.72 Å². The van der Waals surface area contributed by atoms with Crippen LogP contribution in [0, 0.1) is 0 Å². The monoisotopic (exact) mass is 247 g/mol. The van der Waals surface area contributed by atoms with E-state index in [1.165, 1.54) is 0 Å². The van der Waals surface area contributed by atoms with Crippen LogP contribution in [-0.2, 0) is 20.5 Å². The fourth-order valence-electron chi connectivity index (χ4n) is 0.908. The maximum atomic E-state index is 11.8. The zero-order valence-corrected chi connectivity index (χ0v) is 11.2. The number of carbonyl (C=O) groups excluding carboxylic acids is 1. The maximum absolute atomic E-state index is 11.8. The van der Waals surface area contributed by atoms with Crippen LogP contribution in [0.2, 0.25) is 0 Å². The van der Waals surface area contributed by atoms with Crippen LogP contribution >= 0.6 is 0 Å². The highest BCUT2D eigenvalue weighted by molar-refractivity contribution is 7.84. The summed E-state index contributed by atoms with van der Waals surface area (Å²) in [6.45, 7) is 11.1. The molecular weight excluding hydrogens is 226 g/mol. The molecule has 0 radical (unpaired) electrons. The molecule has 0 aliphatic carbocycles. The van der Waals surface area contributed by atoms with Gasteiger partial charge in [0.15, 0.2) is 0 Å². The zero-order valence-electron chi connectivity index (χ0n) is 10.4. The third-order valence-electron chi connectivity index (χ3n) is 1.78. The summed E-state index contributed by atoms with van der Waals surface area (Å²) >= 11 is 0. The molecule has 0 spiro atoms. The van der Waals surface area contributed by atoms with Crippen LogP contribution < -0.4 is 4.72 Å². The van der Waals surface area contributed by atoms with E-state index in [1.807, 2.05) is 20.8 Å². The lowest BCUT2D eigenvalue weighted by atomic mass is 10.2. The van der Waals surface area contributed by atoms with Crippen molar-refractivity contribution in [3.05, 3.63) is 12.7 Å². The Balaban J connectivity index is 4.50. The summed E-state index contributed by atoms with van der Waals surface area (Å²) in [5, 5.41) is 0. The fourth-order valence-corrected chi connectivity index (χ4v) is 1.71. The molecule has 1 N–H and O–H groups in total. The molecule has 16 heavy (non-hydrogen) atoms. The van der Waals surface area contributed by atoms with Gasteiger partial charge in [0.1, 0.15) is 6.04 Å². The van der Waals surface area contributed by atoms with Gasteiger partial charge in [-0.2, -0.15) is 0 Å². The van der Waals surface area contributed by atoms with E-state index in [0.717, 1.165) is 0 Å². The topological polar surface area (TPSA) is 55.4 Å². The van der Waals surface area contributed by atoms with Crippen molar-refractivity contribution in [1.29, 1.82) is 0 Å². The Hall–Kier alpha value is -0.680. The number of rotatable bonds is 6. The van der Waals surface area contributed by atoms with Crippen molar-refractivity contribution in [2.75, 3.05) is 6.61 Å². The van der Waals surface area contributed by atoms with Crippen LogP contribution in [0.4, 0.5) is 0 Å². The number of esters is 1. The van der Waals surface area contributed by atoms with Crippen molar-refractivity contribution in [3.8, 4) is 0 Å². The predicted molar refractivity (Wildman–Crippen MR) is 66.3 cm³/mol. The van der Waals surface area contributed by atoms with E-state index in [9.17, 15) is 9.00 Å². The van der Waals surface area contributed by atoms with Crippen molar-refractivity contribution >= 4 is 17.0 Å². The Kier molecular flexibility index (Phi) is 6.52. The summed E-state index contributed by atoms with van der Waals surface area (Å²) in [4.78, 5) is 11.5. The Morgan fingerprint density at radius 1 is 1.56 bits per heavy atom. The Morgan fingerprint density at radius 3 is 2.50 bits per heavy atom. The molecule has 94 valence electrons. The van der Waals surface area contributed by atoms with Gasteiger partial charge < -0.3 is 4.74 Å². The van der Waals surface area contributed by atoms with E-state index in [4.69, 9.17) is 4.74 Å². The van der Waals surface area contributed by atoms with Gasteiger partial charge in [-0.05, 0) is 34.1 Å². The standard InChI is InChI=1S/C11H21NO3S/c1-6-8-9(10(13)15-7-2)12-16(14)11(3,4)5/h6,9,12H,1,7-8H2,2-5H3/t9-,16-/m1/s1. The normalized spacial score (nSPS) is 15.2. The molecule has 0 aromatic carbocycles. The largest absolute Gasteiger partial charge is 0.465 e. The molecule has 0 bridgehead atoms. The van der Waals surface area contributed by atoms with E-state index < -0.39 is 21.8 Å². The molecule has 0 aromatic heterocycles. The lowest BCUT2D eigenvalue weighted by Gasteiger charge is -2.22. The molecule has 4 nitrogen and oxygen atoms in total. The predicted octanol–water partition coefficient (Wildman–Crippen LogP) is 1.55. The molecule has 0 unspecified atom stereocenters. The first kappa shape index (κ1) is 15.3. The lowest BCUT2D eigenvalue weighted by Crippen LogP contribution is -2.44. The first-order valence-electron chi connectivity index (χ1n) is 5.28. The van der Waals surface area contributed by atoms with Crippen LogP contribution in [0.15, 0.2) is 12.7 Å². The number of hydrogen-bond donors (Lipinski definition) is 1. The van der Waals surface area contributed by atoms with E-state index in [1.54, 1.807) is 13.0 Å². The molecule has 0 saturated carbocycles. The van der Waals surface area contributed by atoms with Crippen molar-refractivity contribution in [3.63, 3.8) is 0 Å². The summed E-state index contributed by atoms with van der Waals surface area (Å²) in [6.07, 6.45) is 2.01. The van der Waals surface area contributed by atoms with Gasteiger partial charge in [-0.15, -0.1) is 6.58 Å². The number of nitrogens with one attached hydrogen (secondary N) is 1. The minimum Gasteiger partial charge on any atom is -0.465 e. The third-order valence-corrected chi connectivity index (χ3v) is 3.39. The highest BCUT2D eigenvalue weighted by Gasteiger charge is 2.26. The van der Waals surface area contributed by atoms with Crippen LogP contribution in [0.1, 0.15) is 34.1 Å². The second-order valence-electron chi connectivity index (χ2n) is 4.33. The molecule has 0 heterocycles. The van der Waals surface area contributed by atoms with Crippen LogP contribution in [0.5, 0.6) is 0 Å². The molecule has 0 aromatic rings. The molecule has 0 saturated heterocycles. The summed E-state index contributed by atoms with van der Waals surface area (Å²) < 4.78 is 19.1. The number of hydrogen-bond acceptors (Lipinski definition) is 3. The number of carbonyl (C=O) groups is 1. The smallest absolute Gasteiger partial charge is 0.324 e. The van der Waals surface area contributed by atoms with Gasteiger partial charge in [0.05, 0.1) is 22.3 Å². The first-order valence-corrected chi connectivity index (χ1v) is 6.43. The summed E-state index contributed by atoms with van der Waals surface area (Å²) in [5.41, 5.74) is 0. The van der Waals surface area contributed by atoms with Crippen LogP contribution in [0.3, 0.4) is 0 Å². The third kappa shape index (κ3) is 5.42. The van der Waals surface area contributed by atoms with E-state index >= 15 is 0 Å². The average Bonchev–Trinajstić information content (AvgIpc) is 2.15. The lowest BCUT2D eigenvalue weighted by molar-refractivity contribution is -0.145. The molecule has 0 aliphatic heterocycles. The fraction of sp³-hybridized carbons (Fsp3) is 0.727. The van der Waals surface area contributed by atoms with Crippen LogP contribution in [0.25, 0.3) is 0 Å². The molecule has 0 aliphatic rings. The second kappa shape index (κ2) is 6.81. The van der Waals surface area contributed by atoms with Crippen molar-refractivity contribution in [2.45, 2.75) is 44.9 Å². The average molecular weight is 247 g/mol. The highest BCUT2D eigenvalue weighted by Crippen LogP contribution is 2.10. The van der Waals surface area contributed by atoms with Gasteiger partial charge in [0.25, 0.3) is 0 Å². The van der Waals surface area contributed by atoms with E-state index in [0.29, 0.717) is 13.0 Å². The SMILES string of the molecule is C=CC[C@@H](N[S@](=O)C(C)(C)C)C(=O)OCC. The molecule has 5 heteroatoms. The van der Waals surface area contributed by atoms with Gasteiger partial charge in [-0.3, -0.25) is 4.79 Å². The molecule has 0 fully saturated rings. The molecule has 2 atom stereocenters. The van der Waals surface area contributed by atoms with Crippen molar-refractivity contribution in [2.24, 2.45) is 0 Å². The van der Waals surface area contributed by atoms with Gasteiger partial charge in [0, 0.05) is 0 Å².